The summed E-state index contributed by atoms with van der Waals surface area (Å²) in [5.74, 6) is 0.685. The number of rotatable bonds is 7. The highest BCUT2D eigenvalue weighted by atomic mass is 32.2. The second-order valence-corrected chi connectivity index (χ2v) is 7.17. The fraction of sp³-hybridized carbons (Fsp3) is 0.263. The summed E-state index contributed by atoms with van der Waals surface area (Å²) in [5, 5.41) is 15.0. The summed E-state index contributed by atoms with van der Waals surface area (Å²) in [5.41, 5.74) is 2.63. The number of carbonyl (C=O) groups is 1. The molecule has 8 heteroatoms. The van der Waals surface area contributed by atoms with Crippen molar-refractivity contribution in [2.75, 3.05) is 11.9 Å². The zero-order chi connectivity index (χ0) is 19.2. The molecular formula is C19H21N5O2S. The van der Waals surface area contributed by atoms with Crippen LogP contribution in [0.2, 0.25) is 0 Å². The Hall–Kier alpha value is -2.87. The Morgan fingerprint density at radius 3 is 2.67 bits per heavy atom. The maximum absolute atomic E-state index is 12.5. The summed E-state index contributed by atoms with van der Waals surface area (Å²) >= 11 is 1.30. The van der Waals surface area contributed by atoms with Crippen LogP contribution in [0.25, 0.3) is 5.69 Å². The van der Waals surface area contributed by atoms with Gasteiger partial charge in [0, 0.05) is 5.69 Å². The predicted octanol–water partition coefficient (Wildman–Crippen LogP) is 3.49. The number of aromatic nitrogens is 4. The van der Waals surface area contributed by atoms with Gasteiger partial charge in [0.2, 0.25) is 11.1 Å². The Morgan fingerprint density at radius 1 is 1.22 bits per heavy atom. The second kappa shape index (κ2) is 8.68. The van der Waals surface area contributed by atoms with E-state index in [1.54, 1.807) is 4.68 Å². The summed E-state index contributed by atoms with van der Waals surface area (Å²) in [6.45, 7) is 6.33. The van der Waals surface area contributed by atoms with Gasteiger partial charge in [-0.2, -0.15) is 4.68 Å². The largest absolute Gasteiger partial charge is 0.494 e. The molecule has 140 valence electrons. The highest BCUT2D eigenvalue weighted by molar-refractivity contribution is 8.00. The Labute approximate surface area is 162 Å². The molecule has 1 aromatic heterocycles. The number of nitrogens with one attached hydrogen (secondary N) is 1. The highest BCUT2D eigenvalue weighted by Gasteiger charge is 2.19. The molecule has 0 saturated carbocycles. The van der Waals surface area contributed by atoms with E-state index in [0.717, 1.165) is 22.7 Å². The molecule has 7 nitrogen and oxygen atoms in total. The molecule has 3 aromatic rings. The highest BCUT2D eigenvalue weighted by Crippen LogP contribution is 2.25. The summed E-state index contributed by atoms with van der Waals surface area (Å²) in [7, 11) is 0. The molecule has 0 bridgehead atoms. The summed E-state index contributed by atoms with van der Waals surface area (Å²) in [4.78, 5) is 12.5. The molecule has 1 heterocycles. The molecule has 3 rings (SSSR count). The van der Waals surface area contributed by atoms with Crippen LogP contribution in [0.5, 0.6) is 5.75 Å². The van der Waals surface area contributed by atoms with Crippen molar-refractivity contribution in [3.05, 3.63) is 54.1 Å². The molecule has 0 aliphatic heterocycles. The van der Waals surface area contributed by atoms with Crippen molar-refractivity contribution >= 4 is 23.4 Å². The smallest absolute Gasteiger partial charge is 0.237 e. The molecule has 0 radical (unpaired) electrons. The van der Waals surface area contributed by atoms with Crippen molar-refractivity contribution in [2.45, 2.75) is 31.2 Å². The van der Waals surface area contributed by atoms with Crippen LogP contribution in [0.15, 0.2) is 53.7 Å². The third-order valence-corrected chi connectivity index (χ3v) is 4.92. The Morgan fingerprint density at radius 2 is 1.96 bits per heavy atom. The van der Waals surface area contributed by atoms with Crippen LogP contribution < -0.4 is 10.1 Å². The summed E-state index contributed by atoms with van der Waals surface area (Å²) in [6, 6.07) is 15.2. The molecular weight excluding hydrogens is 362 g/mol. The quantitative estimate of drug-likeness (QED) is 0.629. The number of benzene rings is 2. The predicted molar refractivity (Wildman–Crippen MR) is 105 cm³/mol. The normalized spacial score (nSPS) is 11.8. The molecule has 1 atom stereocenters. The maximum Gasteiger partial charge on any atom is 0.237 e. The standard InChI is InChI=1S/C19H21N5O2S/c1-4-26-16-11-9-15(10-12-16)24-19(21-22-23-24)27-14(3)18(25)20-17-8-6-5-7-13(17)2/h5-12,14H,4H2,1-3H3,(H,20,25)/t14-/m0/s1. The molecule has 0 aliphatic rings. The zero-order valence-corrected chi connectivity index (χ0v) is 16.2. The average Bonchev–Trinajstić information content (AvgIpc) is 3.12. The third kappa shape index (κ3) is 4.65. The van der Waals surface area contributed by atoms with Gasteiger partial charge in [-0.1, -0.05) is 30.0 Å². The molecule has 0 fully saturated rings. The first kappa shape index (κ1) is 18.9. The van der Waals surface area contributed by atoms with E-state index < -0.39 is 0 Å². The Bertz CT molecular complexity index is 910. The van der Waals surface area contributed by atoms with Crippen molar-refractivity contribution in [3.63, 3.8) is 0 Å². The van der Waals surface area contributed by atoms with E-state index in [2.05, 4.69) is 20.8 Å². The lowest BCUT2D eigenvalue weighted by Crippen LogP contribution is -2.23. The van der Waals surface area contributed by atoms with Crippen molar-refractivity contribution in [2.24, 2.45) is 0 Å². The number of tetrazole rings is 1. The molecule has 0 unspecified atom stereocenters. The fourth-order valence-corrected chi connectivity index (χ4v) is 3.23. The number of ether oxygens (including phenoxy) is 1. The maximum atomic E-state index is 12.5. The van der Waals surface area contributed by atoms with E-state index in [9.17, 15) is 4.79 Å². The van der Waals surface area contributed by atoms with Gasteiger partial charge in [-0.25, -0.2) is 0 Å². The van der Waals surface area contributed by atoms with Crippen LogP contribution in [0.4, 0.5) is 5.69 Å². The van der Waals surface area contributed by atoms with E-state index in [1.165, 1.54) is 11.8 Å². The number of thioether (sulfide) groups is 1. The Balaban J connectivity index is 1.70. The molecule has 1 amide bonds. The first-order valence-electron chi connectivity index (χ1n) is 8.63. The van der Waals surface area contributed by atoms with Crippen LogP contribution in [-0.4, -0.2) is 38.0 Å². The van der Waals surface area contributed by atoms with Gasteiger partial charge in [0.25, 0.3) is 0 Å². The van der Waals surface area contributed by atoms with Gasteiger partial charge in [-0.15, -0.1) is 5.10 Å². The molecule has 0 spiro atoms. The number of anilines is 1. The van der Waals surface area contributed by atoms with Crippen molar-refractivity contribution in [1.29, 1.82) is 0 Å². The lowest BCUT2D eigenvalue weighted by atomic mass is 10.2. The van der Waals surface area contributed by atoms with E-state index >= 15 is 0 Å². The second-order valence-electron chi connectivity index (χ2n) is 5.86. The van der Waals surface area contributed by atoms with Gasteiger partial charge in [-0.3, -0.25) is 4.79 Å². The minimum atomic E-state index is -0.364. The number of nitrogens with zero attached hydrogens (tertiary/aromatic N) is 4. The SMILES string of the molecule is CCOc1ccc(-n2nnnc2S[C@@H](C)C(=O)Nc2ccccc2C)cc1. The number of aryl methyl sites for hydroxylation is 1. The van der Waals surface area contributed by atoms with E-state index in [1.807, 2.05) is 69.3 Å². The lowest BCUT2D eigenvalue weighted by Gasteiger charge is -2.13. The average molecular weight is 383 g/mol. The molecule has 27 heavy (non-hydrogen) atoms. The van der Waals surface area contributed by atoms with Crippen molar-refractivity contribution < 1.29 is 9.53 Å². The summed E-state index contributed by atoms with van der Waals surface area (Å²) < 4.78 is 7.06. The van der Waals surface area contributed by atoms with Gasteiger partial charge in [0.1, 0.15) is 5.75 Å². The first-order chi connectivity index (χ1) is 13.1. The van der Waals surface area contributed by atoms with E-state index in [4.69, 9.17) is 4.74 Å². The topological polar surface area (TPSA) is 81.9 Å². The van der Waals surface area contributed by atoms with Crippen LogP contribution in [0, 0.1) is 6.92 Å². The van der Waals surface area contributed by atoms with Crippen LogP contribution in [-0.2, 0) is 4.79 Å². The van der Waals surface area contributed by atoms with Crippen LogP contribution >= 0.6 is 11.8 Å². The fourth-order valence-electron chi connectivity index (χ4n) is 2.42. The van der Waals surface area contributed by atoms with Crippen LogP contribution in [0.3, 0.4) is 0 Å². The van der Waals surface area contributed by atoms with E-state index in [-0.39, 0.29) is 11.2 Å². The number of carbonyl (C=O) groups excluding carboxylic acids is 1. The summed E-state index contributed by atoms with van der Waals surface area (Å²) in [6.07, 6.45) is 0. The first-order valence-corrected chi connectivity index (χ1v) is 9.51. The molecule has 2 aromatic carbocycles. The Kier molecular flexibility index (Phi) is 6.08. The minimum absolute atomic E-state index is 0.101. The monoisotopic (exact) mass is 383 g/mol. The molecule has 0 aliphatic carbocycles. The van der Waals surface area contributed by atoms with Gasteiger partial charge in [0.15, 0.2) is 0 Å². The number of hydrogen-bond acceptors (Lipinski definition) is 6. The van der Waals surface area contributed by atoms with Gasteiger partial charge in [0.05, 0.1) is 17.5 Å². The molecule has 0 saturated heterocycles. The minimum Gasteiger partial charge on any atom is -0.494 e. The van der Waals surface area contributed by atoms with Gasteiger partial charge in [-0.05, 0) is 67.1 Å². The third-order valence-electron chi connectivity index (χ3n) is 3.89. The van der Waals surface area contributed by atoms with E-state index in [0.29, 0.717) is 11.8 Å². The van der Waals surface area contributed by atoms with Crippen LogP contribution in [0.1, 0.15) is 19.4 Å². The number of para-hydroxylation sites is 1. The molecule has 1 N–H and O–H groups in total. The van der Waals surface area contributed by atoms with Gasteiger partial charge >= 0.3 is 0 Å². The van der Waals surface area contributed by atoms with Gasteiger partial charge < -0.3 is 10.1 Å². The zero-order valence-electron chi connectivity index (χ0n) is 15.4. The van der Waals surface area contributed by atoms with Crippen molar-refractivity contribution in [3.8, 4) is 11.4 Å². The number of amides is 1. The number of hydrogen-bond donors (Lipinski definition) is 1. The lowest BCUT2D eigenvalue weighted by molar-refractivity contribution is -0.115. The van der Waals surface area contributed by atoms with Crippen molar-refractivity contribution in [1.82, 2.24) is 20.2 Å².